The van der Waals surface area contributed by atoms with Crippen molar-refractivity contribution in [3.8, 4) is 5.88 Å². The van der Waals surface area contributed by atoms with Gasteiger partial charge in [0, 0.05) is 24.6 Å². The number of hydrogen-bond donors (Lipinski definition) is 1. The summed E-state index contributed by atoms with van der Waals surface area (Å²) < 4.78 is 7.04. The van der Waals surface area contributed by atoms with E-state index in [1.54, 1.807) is 11.8 Å². The van der Waals surface area contributed by atoms with E-state index in [9.17, 15) is 0 Å². The molecule has 0 saturated heterocycles. The smallest absolute Gasteiger partial charge is 0.215 e. The van der Waals surface area contributed by atoms with Crippen molar-refractivity contribution in [2.24, 2.45) is 12.8 Å². The van der Waals surface area contributed by atoms with Crippen LogP contribution in [0.25, 0.3) is 0 Å². The van der Waals surface area contributed by atoms with Crippen LogP contribution in [-0.4, -0.2) is 23.4 Å². The maximum absolute atomic E-state index is 5.74. The van der Waals surface area contributed by atoms with Crippen molar-refractivity contribution < 1.29 is 4.74 Å². The summed E-state index contributed by atoms with van der Waals surface area (Å²) >= 11 is 0. The molecule has 0 aromatic carbocycles. The van der Waals surface area contributed by atoms with Gasteiger partial charge in [0.05, 0.1) is 13.3 Å². The number of nitrogens with two attached hydrogens (primary N) is 1. The lowest BCUT2D eigenvalue weighted by Gasteiger charge is -2.12. The van der Waals surface area contributed by atoms with E-state index in [2.05, 4.69) is 5.10 Å². The average Bonchev–Trinajstić information content (AvgIpc) is 2.85. The Morgan fingerprint density at radius 1 is 1.69 bits per heavy atom. The normalized spacial score (nSPS) is 18.7. The number of nitrogens with zero attached hydrogens (tertiary/aromatic N) is 2. The third-order valence-corrected chi connectivity index (χ3v) is 2.89. The summed E-state index contributed by atoms with van der Waals surface area (Å²) in [6.45, 7) is 0.690. The second kappa shape index (κ2) is 2.73. The van der Waals surface area contributed by atoms with E-state index in [0.29, 0.717) is 6.54 Å². The van der Waals surface area contributed by atoms with Crippen LogP contribution in [0.4, 0.5) is 0 Å². The van der Waals surface area contributed by atoms with Crippen LogP contribution in [0, 0.1) is 0 Å². The highest BCUT2D eigenvalue weighted by molar-refractivity contribution is 5.38. The maximum atomic E-state index is 5.74. The van der Waals surface area contributed by atoms with Gasteiger partial charge in [0.15, 0.2) is 0 Å². The van der Waals surface area contributed by atoms with Crippen LogP contribution in [0.5, 0.6) is 5.88 Å². The Kier molecular flexibility index (Phi) is 1.80. The first-order chi connectivity index (χ1) is 6.23. The minimum Gasteiger partial charge on any atom is -0.481 e. The first-order valence-corrected chi connectivity index (χ1v) is 4.50. The Morgan fingerprint density at radius 2 is 2.38 bits per heavy atom. The molecular formula is C9H15N3O. The van der Waals surface area contributed by atoms with E-state index in [0.717, 1.165) is 18.7 Å². The summed E-state index contributed by atoms with van der Waals surface area (Å²) in [5.74, 6) is 0.850. The lowest BCUT2D eigenvalue weighted by molar-refractivity contribution is 0.365. The van der Waals surface area contributed by atoms with Crippen LogP contribution in [0.15, 0.2) is 6.20 Å². The summed E-state index contributed by atoms with van der Waals surface area (Å²) in [5.41, 5.74) is 7.07. The predicted molar refractivity (Wildman–Crippen MR) is 49.7 cm³/mol. The maximum Gasteiger partial charge on any atom is 0.215 e. The molecule has 1 saturated carbocycles. The minimum atomic E-state index is 0.166. The van der Waals surface area contributed by atoms with Gasteiger partial charge in [-0.15, -0.1) is 0 Å². The second-order valence-electron chi connectivity index (χ2n) is 3.68. The van der Waals surface area contributed by atoms with Crippen molar-refractivity contribution in [3.05, 3.63) is 11.8 Å². The molecule has 0 amide bonds. The summed E-state index contributed by atoms with van der Waals surface area (Å²) in [6, 6.07) is 0. The van der Waals surface area contributed by atoms with Crippen molar-refractivity contribution in [2.75, 3.05) is 13.7 Å². The molecule has 0 atom stereocenters. The third kappa shape index (κ3) is 1.13. The number of aromatic nitrogens is 2. The number of aryl methyl sites for hydroxylation is 1. The largest absolute Gasteiger partial charge is 0.481 e. The standard InChI is InChI=1S/C9H15N3O/c1-12-8(13-2)7(5-11-12)9(6-10)3-4-9/h5H,3-4,6,10H2,1-2H3. The SMILES string of the molecule is COc1c(C2(CN)CC2)cnn1C. The number of methoxy groups -OCH3 is 1. The highest BCUT2D eigenvalue weighted by Gasteiger charge is 2.46. The molecule has 0 spiro atoms. The summed E-state index contributed by atoms with van der Waals surface area (Å²) in [7, 11) is 3.56. The van der Waals surface area contributed by atoms with Gasteiger partial charge in [0.1, 0.15) is 0 Å². The quantitative estimate of drug-likeness (QED) is 0.735. The van der Waals surface area contributed by atoms with Crippen LogP contribution in [0.1, 0.15) is 18.4 Å². The first-order valence-electron chi connectivity index (χ1n) is 4.50. The third-order valence-electron chi connectivity index (χ3n) is 2.89. The molecule has 2 rings (SSSR count). The van der Waals surface area contributed by atoms with Crippen molar-refractivity contribution in [3.63, 3.8) is 0 Å². The molecular weight excluding hydrogens is 166 g/mol. The highest BCUT2D eigenvalue weighted by Crippen LogP contribution is 2.50. The van der Waals surface area contributed by atoms with Crippen LogP contribution in [-0.2, 0) is 12.5 Å². The molecule has 0 radical (unpaired) electrons. The van der Waals surface area contributed by atoms with Gasteiger partial charge in [-0.3, -0.25) is 0 Å². The molecule has 72 valence electrons. The molecule has 1 fully saturated rings. The first kappa shape index (κ1) is 8.56. The molecule has 0 bridgehead atoms. The topological polar surface area (TPSA) is 53.1 Å². The monoisotopic (exact) mass is 181 g/mol. The molecule has 2 N–H and O–H groups in total. The van der Waals surface area contributed by atoms with Gasteiger partial charge in [-0.1, -0.05) is 0 Å². The molecule has 13 heavy (non-hydrogen) atoms. The molecule has 1 aromatic heterocycles. The fourth-order valence-corrected chi connectivity index (χ4v) is 1.77. The van der Waals surface area contributed by atoms with Crippen molar-refractivity contribution in [2.45, 2.75) is 18.3 Å². The van der Waals surface area contributed by atoms with Gasteiger partial charge in [0.2, 0.25) is 5.88 Å². The molecule has 4 heteroatoms. The number of hydrogen-bond acceptors (Lipinski definition) is 3. The average molecular weight is 181 g/mol. The van der Waals surface area contributed by atoms with E-state index in [4.69, 9.17) is 10.5 Å². The van der Waals surface area contributed by atoms with E-state index >= 15 is 0 Å². The van der Waals surface area contributed by atoms with Crippen molar-refractivity contribution in [1.82, 2.24) is 9.78 Å². The lowest BCUT2D eigenvalue weighted by atomic mass is 9.99. The van der Waals surface area contributed by atoms with Crippen LogP contribution in [0.3, 0.4) is 0 Å². The van der Waals surface area contributed by atoms with Crippen LogP contribution in [0.2, 0.25) is 0 Å². The molecule has 4 nitrogen and oxygen atoms in total. The zero-order chi connectivity index (χ0) is 9.47. The van der Waals surface area contributed by atoms with E-state index in [1.807, 2.05) is 13.2 Å². The van der Waals surface area contributed by atoms with Gasteiger partial charge < -0.3 is 10.5 Å². The Hall–Kier alpha value is -1.03. The van der Waals surface area contributed by atoms with E-state index in [-0.39, 0.29) is 5.41 Å². The molecule has 0 unspecified atom stereocenters. The molecule has 1 aliphatic rings. The zero-order valence-corrected chi connectivity index (χ0v) is 8.08. The Labute approximate surface area is 77.7 Å². The van der Waals surface area contributed by atoms with Crippen molar-refractivity contribution in [1.29, 1.82) is 0 Å². The fourth-order valence-electron chi connectivity index (χ4n) is 1.77. The fraction of sp³-hybridized carbons (Fsp3) is 0.667. The summed E-state index contributed by atoms with van der Waals surface area (Å²) in [5, 5.41) is 4.18. The number of ether oxygens (including phenoxy) is 1. The van der Waals surface area contributed by atoms with E-state index in [1.165, 1.54) is 5.56 Å². The van der Waals surface area contributed by atoms with Gasteiger partial charge in [-0.05, 0) is 12.8 Å². The lowest BCUT2D eigenvalue weighted by Crippen LogP contribution is -2.20. The molecule has 1 heterocycles. The van der Waals surface area contributed by atoms with Crippen LogP contribution < -0.4 is 10.5 Å². The minimum absolute atomic E-state index is 0.166. The highest BCUT2D eigenvalue weighted by atomic mass is 16.5. The summed E-state index contributed by atoms with van der Waals surface area (Å²) in [4.78, 5) is 0. The van der Waals surface area contributed by atoms with Crippen molar-refractivity contribution >= 4 is 0 Å². The zero-order valence-electron chi connectivity index (χ0n) is 8.08. The van der Waals surface area contributed by atoms with E-state index < -0.39 is 0 Å². The Balaban J connectivity index is 2.40. The Morgan fingerprint density at radius 3 is 2.85 bits per heavy atom. The second-order valence-corrected chi connectivity index (χ2v) is 3.68. The Bertz CT molecular complexity index is 315. The van der Waals surface area contributed by atoms with Crippen LogP contribution >= 0.6 is 0 Å². The predicted octanol–water partition coefficient (Wildman–Crippen LogP) is 0.419. The summed E-state index contributed by atoms with van der Waals surface area (Å²) in [6.07, 6.45) is 4.19. The van der Waals surface area contributed by atoms with Gasteiger partial charge in [-0.2, -0.15) is 5.10 Å². The molecule has 1 aliphatic carbocycles. The van der Waals surface area contributed by atoms with Gasteiger partial charge in [-0.25, -0.2) is 4.68 Å². The molecule has 1 aromatic rings. The number of rotatable bonds is 3. The van der Waals surface area contributed by atoms with Gasteiger partial charge >= 0.3 is 0 Å². The van der Waals surface area contributed by atoms with Gasteiger partial charge in [0.25, 0.3) is 0 Å². The molecule has 0 aliphatic heterocycles.